The number of rotatable bonds is 4. The van der Waals surface area contributed by atoms with Crippen LogP contribution in [0.2, 0.25) is 0 Å². The summed E-state index contributed by atoms with van der Waals surface area (Å²) in [5, 5.41) is 0. The fraction of sp³-hybridized carbons (Fsp3) is 1.00. The molecule has 2 atom stereocenters. The van der Waals surface area contributed by atoms with Crippen LogP contribution in [0.4, 0.5) is 8.78 Å². The zero-order chi connectivity index (χ0) is 11.6. The first-order valence-electron chi connectivity index (χ1n) is 6.18. The second-order valence-corrected chi connectivity index (χ2v) is 5.73. The van der Waals surface area contributed by atoms with Crippen LogP contribution in [0.5, 0.6) is 0 Å². The minimum absolute atomic E-state index is 0.0949. The van der Waals surface area contributed by atoms with E-state index in [9.17, 15) is 8.78 Å². The number of halogens is 2. The molecular weight excluding hydrogens is 194 g/mol. The van der Waals surface area contributed by atoms with Crippen LogP contribution in [0.3, 0.4) is 0 Å². The lowest BCUT2D eigenvalue weighted by Gasteiger charge is -2.41. The standard InChI is InChI=1S/C13H24F2/c1-9(2)11-6-5-7-13(11,10(3)4)8-12(14)15/h9-12H,5-8H2,1-4H3. The second kappa shape index (κ2) is 4.80. The molecule has 0 aliphatic heterocycles. The molecule has 90 valence electrons. The summed E-state index contributed by atoms with van der Waals surface area (Å²) in [4.78, 5) is 0. The average Bonchev–Trinajstić information content (AvgIpc) is 2.47. The highest BCUT2D eigenvalue weighted by Crippen LogP contribution is 2.54. The number of hydrogen-bond donors (Lipinski definition) is 0. The van der Waals surface area contributed by atoms with Gasteiger partial charge in [-0.3, -0.25) is 0 Å². The molecule has 1 fully saturated rings. The van der Waals surface area contributed by atoms with Crippen molar-refractivity contribution in [3.05, 3.63) is 0 Å². The van der Waals surface area contributed by atoms with E-state index in [1.54, 1.807) is 0 Å². The summed E-state index contributed by atoms with van der Waals surface area (Å²) in [6.45, 7) is 8.59. The van der Waals surface area contributed by atoms with Gasteiger partial charge in [-0.15, -0.1) is 0 Å². The van der Waals surface area contributed by atoms with Gasteiger partial charge in [0, 0.05) is 6.42 Å². The van der Waals surface area contributed by atoms with E-state index >= 15 is 0 Å². The maximum atomic E-state index is 12.7. The fourth-order valence-corrected chi connectivity index (χ4v) is 3.61. The summed E-state index contributed by atoms with van der Waals surface area (Å²) in [7, 11) is 0. The van der Waals surface area contributed by atoms with Gasteiger partial charge in [-0.05, 0) is 36.0 Å². The molecule has 0 aromatic heterocycles. The topological polar surface area (TPSA) is 0 Å². The predicted octanol–water partition coefficient (Wildman–Crippen LogP) is 4.74. The van der Waals surface area contributed by atoms with Gasteiger partial charge >= 0.3 is 0 Å². The van der Waals surface area contributed by atoms with Crippen LogP contribution in [-0.4, -0.2) is 6.43 Å². The first-order chi connectivity index (χ1) is 6.90. The normalized spacial score (nSPS) is 32.2. The Morgan fingerprint density at radius 1 is 1.20 bits per heavy atom. The van der Waals surface area contributed by atoms with Crippen LogP contribution >= 0.6 is 0 Å². The lowest BCUT2D eigenvalue weighted by Crippen LogP contribution is -2.36. The molecule has 0 N–H and O–H groups in total. The van der Waals surface area contributed by atoms with Gasteiger partial charge < -0.3 is 0 Å². The Hall–Kier alpha value is -0.140. The smallest absolute Gasteiger partial charge is 0.211 e. The van der Waals surface area contributed by atoms with Crippen molar-refractivity contribution in [2.75, 3.05) is 0 Å². The minimum atomic E-state index is -2.15. The molecule has 0 aromatic carbocycles. The van der Waals surface area contributed by atoms with Gasteiger partial charge in [0.15, 0.2) is 0 Å². The molecule has 15 heavy (non-hydrogen) atoms. The molecular formula is C13H24F2. The van der Waals surface area contributed by atoms with Gasteiger partial charge in [-0.1, -0.05) is 34.1 Å². The van der Waals surface area contributed by atoms with Gasteiger partial charge in [-0.2, -0.15) is 0 Å². The van der Waals surface area contributed by atoms with Gasteiger partial charge in [0.1, 0.15) is 0 Å². The average molecular weight is 218 g/mol. The monoisotopic (exact) mass is 218 g/mol. The molecule has 2 unspecified atom stereocenters. The molecule has 1 aliphatic rings. The Labute approximate surface area is 92.4 Å². The quantitative estimate of drug-likeness (QED) is 0.639. The molecule has 0 nitrogen and oxygen atoms in total. The highest BCUT2D eigenvalue weighted by molar-refractivity contribution is 4.95. The van der Waals surface area contributed by atoms with Crippen molar-refractivity contribution >= 4 is 0 Å². The molecule has 0 radical (unpaired) electrons. The summed E-state index contributed by atoms with van der Waals surface area (Å²) in [6.07, 6.45) is 1.23. The molecule has 0 heterocycles. The van der Waals surface area contributed by atoms with Crippen molar-refractivity contribution < 1.29 is 8.78 Å². The predicted molar refractivity (Wildman–Crippen MR) is 60.1 cm³/mol. The zero-order valence-corrected chi connectivity index (χ0v) is 10.4. The Morgan fingerprint density at radius 3 is 2.20 bits per heavy atom. The van der Waals surface area contributed by atoms with Crippen molar-refractivity contribution in [1.29, 1.82) is 0 Å². The van der Waals surface area contributed by atoms with Gasteiger partial charge in [0.05, 0.1) is 0 Å². The highest BCUT2D eigenvalue weighted by Gasteiger charge is 2.47. The van der Waals surface area contributed by atoms with E-state index in [1.165, 1.54) is 0 Å². The third kappa shape index (κ3) is 2.51. The SMILES string of the molecule is CC(C)C1CCCC1(CC(F)F)C(C)C. The van der Waals surface area contributed by atoms with Crippen LogP contribution < -0.4 is 0 Å². The molecule has 1 aliphatic carbocycles. The van der Waals surface area contributed by atoms with Crippen LogP contribution in [0.15, 0.2) is 0 Å². The molecule has 0 saturated heterocycles. The van der Waals surface area contributed by atoms with Crippen molar-refractivity contribution in [1.82, 2.24) is 0 Å². The first kappa shape index (κ1) is 12.9. The molecule has 2 heteroatoms. The molecule has 0 spiro atoms. The van der Waals surface area contributed by atoms with Gasteiger partial charge in [0.2, 0.25) is 6.43 Å². The summed E-state index contributed by atoms with van der Waals surface area (Å²) in [5.41, 5.74) is -0.0949. The van der Waals surface area contributed by atoms with Crippen LogP contribution in [-0.2, 0) is 0 Å². The molecule has 1 saturated carbocycles. The van der Waals surface area contributed by atoms with E-state index in [0.29, 0.717) is 17.8 Å². The second-order valence-electron chi connectivity index (χ2n) is 5.73. The number of alkyl halides is 2. The lowest BCUT2D eigenvalue weighted by molar-refractivity contribution is 0.00294. The van der Waals surface area contributed by atoms with E-state index in [4.69, 9.17) is 0 Å². The minimum Gasteiger partial charge on any atom is -0.211 e. The molecule has 0 aromatic rings. The summed E-state index contributed by atoms with van der Waals surface area (Å²) in [5.74, 6) is 1.40. The Balaban J connectivity index is 2.88. The molecule has 0 bridgehead atoms. The largest absolute Gasteiger partial charge is 0.239 e. The Morgan fingerprint density at radius 2 is 1.80 bits per heavy atom. The van der Waals surface area contributed by atoms with Crippen LogP contribution in [0, 0.1) is 23.2 Å². The Bertz CT molecular complexity index is 199. The Kier molecular flexibility index (Phi) is 4.13. The van der Waals surface area contributed by atoms with Crippen LogP contribution in [0.25, 0.3) is 0 Å². The van der Waals surface area contributed by atoms with Crippen molar-refractivity contribution in [2.24, 2.45) is 23.2 Å². The summed E-state index contributed by atoms with van der Waals surface area (Å²) >= 11 is 0. The summed E-state index contributed by atoms with van der Waals surface area (Å²) < 4.78 is 25.5. The maximum Gasteiger partial charge on any atom is 0.239 e. The lowest BCUT2D eigenvalue weighted by atomic mass is 9.64. The van der Waals surface area contributed by atoms with E-state index in [1.807, 2.05) is 0 Å². The van der Waals surface area contributed by atoms with E-state index in [-0.39, 0.29) is 11.8 Å². The maximum absolute atomic E-state index is 12.7. The highest BCUT2D eigenvalue weighted by atomic mass is 19.3. The zero-order valence-electron chi connectivity index (χ0n) is 10.4. The summed E-state index contributed by atoms with van der Waals surface area (Å²) in [6, 6.07) is 0. The van der Waals surface area contributed by atoms with Crippen molar-refractivity contribution in [3.63, 3.8) is 0 Å². The van der Waals surface area contributed by atoms with Gasteiger partial charge in [-0.25, -0.2) is 8.78 Å². The van der Waals surface area contributed by atoms with Gasteiger partial charge in [0.25, 0.3) is 0 Å². The molecule has 1 rings (SSSR count). The van der Waals surface area contributed by atoms with E-state index in [2.05, 4.69) is 27.7 Å². The van der Waals surface area contributed by atoms with Crippen molar-refractivity contribution in [2.45, 2.75) is 59.8 Å². The number of hydrogen-bond acceptors (Lipinski definition) is 0. The molecule has 0 amide bonds. The van der Waals surface area contributed by atoms with E-state index < -0.39 is 6.43 Å². The van der Waals surface area contributed by atoms with Crippen molar-refractivity contribution in [3.8, 4) is 0 Å². The van der Waals surface area contributed by atoms with Crippen LogP contribution in [0.1, 0.15) is 53.4 Å². The third-order valence-corrected chi connectivity index (χ3v) is 4.38. The fourth-order valence-electron chi connectivity index (χ4n) is 3.61. The third-order valence-electron chi connectivity index (χ3n) is 4.38. The first-order valence-corrected chi connectivity index (χ1v) is 6.18. The van der Waals surface area contributed by atoms with E-state index in [0.717, 1.165) is 19.3 Å².